The van der Waals surface area contributed by atoms with E-state index in [0.29, 0.717) is 17.1 Å². The van der Waals surface area contributed by atoms with Gasteiger partial charge in [-0.15, -0.1) is 0 Å². The van der Waals surface area contributed by atoms with E-state index in [1.165, 1.54) is 0 Å². The average Bonchev–Trinajstić information content (AvgIpc) is 2.72. The van der Waals surface area contributed by atoms with E-state index in [1.807, 2.05) is 38.1 Å². The second-order valence-corrected chi connectivity index (χ2v) is 5.01. The predicted octanol–water partition coefficient (Wildman–Crippen LogP) is 3.52. The van der Waals surface area contributed by atoms with Gasteiger partial charge in [0.05, 0.1) is 17.8 Å². The molecule has 0 N–H and O–H groups in total. The Morgan fingerprint density at radius 1 is 1.44 bits per heavy atom. The lowest BCUT2D eigenvalue weighted by molar-refractivity contribution is 0.112. The van der Waals surface area contributed by atoms with E-state index in [2.05, 4.69) is 5.10 Å². The van der Waals surface area contributed by atoms with Crippen LogP contribution in [0.4, 0.5) is 0 Å². The molecular weight excluding hydrogens is 248 g/mol. The van der Waals surface area contributed by atoms with Gasteiger partial charge in [0.2, 0.25) is 0 Å². The molecule has 0 saturated heterocycles. The Bertz CT molecular complexity index is 561. The molecule has 0 spiro atoms. The van der Waals surface area contributed by atoms with E-state index in [9.17, 15) is 4.79 Å². The van der Waals surface area contributed by atoms with Gasteiger partial charge in [-0.25, -0.2) is 0 Å². The number of hydrogen-bond donors (Lipinski definition) is 0. The number of aromatic nitrogens is 2. The quantitative estimate of drug-likeness (QED) is 0.790. The van der Waals surface area contributed by atoms with E-state index < -0.39 is 0 Å². The van der Waals surface area contributed by atoms with E-state index >= 15 is 0 Å². The molecule has 0 amide bonds. The summed E-state index contributed by atoms with van der Waals surface area (Å²) in [6.07, 6.45) is 2.64. The van der Waals surface area contributed by atoms with Crippen LogP contribution in [0.25, 0.3) is 0 Å². The number of carbonyl (C=O) groups excluding carboxylic acids is 1. The monoisotopic (exact) mass is 262 g/mol. The molecule has 94 valence electrons. The summed E-state index contributed by atoms with van der Waals surface area (Å²) >= 11 is 5.94. The van der Waals surface area contributed by atoms with Gasteiger partial charge in [0.15, 0.2) is 6.29 Å². The van der Waals surface area contributed by atoms with Crippen LogP contribution in [0.2, 0.25) is 5.02 Å². The Hall–Kier alpha value is -1.61. The third-order valence-electron chi connectivity index (χ3n) is 2.73. The van der Waals surface area contributed by atoms with Crippen molar-refractivity contribution in [3.63, 3.8) is 0 Å². The van der Waals surface area contributed by atoms with Crippen LogP contribution in [-0.2, 0) is 6.54 Å². The van der Waals surface area contributed by atoms with Crippen molar-refractivity contribution in [3.05, 3.63) is 52.3 Å². The molecule has 0 fully saturated rings. The number of carbonyl (C=O) groups is 1. The van der Waals surface area contributed by atoms with Crippen LogP contribution in [0, 0.1) is 0 Å². The third-order valence-corrected chi connectivity index (χ3v) is 2.96. The molecule has 1 aromatic heterocycles. The van der Waals surface area contributed by atoms with E-state index in [4.69, 9.17) is 11.6 Å². The number of benzene rings is 1. The van der Waals surface area contributed by atoms with Crippen LogP contribution >= 0.6 is 11.6 Å². The second-order valence-electron chi connectivity index (χ2n) is 4.57. The lowest BCUT2D eigenvalue weighted by Gasteiger charge is -2.03. The molecular formula is C14H15ClN2O. The summed E-state index contributed by atoms with van der Waals surface area (Å²) in [4.78, 5) is 11.0. The lowest BCUT2D eigenvalue weighted by Crippen LogP contribution is -2.01. The van der Waals surface area contributed by atoms with Crippen LogP contribution in [0.3, 0.4) is 0 Å². The van der Waals surface area contributed by atoms with Crippen molar-refractivity contribution in [2.75, 3.05) is 0 Å². The standard InChI is InChI=1S/C14H15ClN2O/c1-10(2)14-12(9-18)8-17(16-14)7-11-4-3-5-13(15)6-11/h3-6,8-10H,7H2,1-2H3. The third kappa shape index (κ3) is 2.79. The first-order chi connectivity index (χ1) is 8.60. The van der Waals surface area contributed by atoms with Gasteiger partial charge in [-0.1, -0.05) is 37.6 Å². The molecule has 2 rings (SSSR count). The number of halogens is 1. The van der Waals surface area contributed by atoms with Gasteiger partial charge in [-0.2, -0.15) is 5.10 Å². The first-order valence-electron chi connectivity index (χ1n) is 5.87. The minimum Gasteiger partial charge on any atom is -0.298 e. The molecule has 4 heteroatoms. The van der Waals surface area contributed by atoms with Crippen molar-refractivity contribution in [1.82, 2.24) is 9.78 Å². The summed E-state index contributed by atoms with van der Waals surface area (Å²) in [7, 11) is 0. The van der Waals surface area contributed by atoms with Gasteiger partial charge in [-0.3, -0.25) is 9.48 Å². The highest BCUT2D eigenvalue weighted by Gasteiger charge is 2.11. The lowest BCUT2D eigenvalue weighted by atomic mass is 10.1. The van der Waals surface area contributed by atoms with E-state index in [-0.39, 0.29) is 5.92 Å². The maximum Gasteiger partial charge on any atom is 0.153 e. The minimum absolute atomic E-state index is 0.241. The van der Waals surface area contributed by atoms with Gasteiger partial charge in [0.1, 0.15) is 0 Å². The first-order valence-corrected chi connectivity index (χ1v) is 6.25. The highest BCUT2D eigenvalue weighted by molar-refractivity contribution is 6.30. The SMILES string of the molecule is CC(C)c1nn(Cc2cccc(Cl)c2)cc1C=O. The first kappa shape index (κ1) is 12.8. The van der Waals surface area contributed by atoms with Crippen LogP contribution in [-0.4, -0.2) is 16.1 Å². The molecule has 0 unspecified atom stereocenters. The minimum atomic E-state index is 0.241. The Kier molecular flexibility index (Phi) is 3.82. The molecule has 0 bridgehead atoms. The molecule has 0 aliphatic heterocycles. The summed E-state index contributed by atoms with van der Waals surface area (Å²) in [5.74, 6) is 0.241. The Morgan fingerprint density at radius 3 is 2.78 bits per heavy atom. The Balaban J connectivity index is 2.27. The summed E-state index contributed by atoms with van der Waals surface area (Å²) in [6, 6.07) is 7.64. The zero-order chi connectivity index (χ0) is 13.1. The van der Waals surface area contributed by atoms with Crippen molar-refractivity contribution in [1.29, 1.82) is 0 Å². The molecule has 18 heavy (non-hydrogen) atoms. The highest BCUT2D eigenvalue weighted by Crippen LogP contribution is 2.17. The largest absolute Gasteiger partial charge is 0.298 e. The normalized spacial score (nSPS) is 10.9. The fourth-order valence-electron chi connectivity index (χ4n) is 1.89. The maximum absolute atomic E-state index is 11.0. The number of rotatable bonds is 4. The molecule has 3 nitrogen and oxygen atoms in total. The van der Waals surface area contributed by atoms with Crippen LogP contribution < -0.4 is 0 Å². The molecule has 0 aliphatic carbocycles. The van der Waals surface area contributed by atoms with Gasteiger partial charge in [0, 0.05) is 11.2 Å². The molecule has 1 heterocycles. The number of hydrogen-bond acceptors (Lipinski definition) is 2. The smallest absolute Gasteiger partial charge is 0.153 e. The fourth-order valence-corrected chi connectivity index (χ4v) is 2.11. The van der Waals surface area contributed by atoms with Crippen molar-refractivity contribution >= 4 is 17.9 Å². The molecule has 0 saturated carbocycles. The Morgan fingerprint density at radius 2 is 2.22 bits per heavy atom. The molecule has 0 radical (unpaired) electrons. The average molecular weight is 263 g/mol. The van der Waals surface area contributed by atoms with Gasteiger partial charge in [-0.05, 0) is 23.6 Å². The van der Waals surface area contributed by atoms with Gasteiger partial charge in [0.25, 0.3) is 0 Å². The van der Waals surface area contributed by atoms with E-state index in [1.54, 1.807) is 10.9 Å². The zero-order valence-corrected chi connectivity index (χ0v) is 11.2. The number of nitrogens with zero attached hydrogens (tertiary/aromatic N) is 2. The number of aldehydes is 1. The summed E-state index contributed by atoms with van der Waals surface area (Å²) in [6.45, 7) is 4.67. The van der Waals surface area contributed by atoms with Crippen LogP contribution in [0.5, 0.6) is 0 Å². The zero-order valence-electron chi connectivity index (χ0n) is 10.4. The molecule has 0 atom stereocenters. The van der Waals surface area contributed by atoms with Crippen molar-refractivity contribution < 1.29 is 4.79 Å². The topological polar surface area (TPSA) is 34.9 Å². The fraction of sp³-hybridized carbons (Fsp3) is 0.286. The summed E-state index contributed by atoms with van der Waals surface area (Å²) in [5, 5.41) is 5.16. The molecule has 0 aliphatic rings. The second kappa shape index (κ2) is 5.36. The van der Waals surface area contributed by atoms with E-state index in [0.717, 1.165) is 17.5 Å². The van der Waals surface area contributed by atoms with Crippen molar-refractivity contribution in [2.45, 2.75) is 26.3 Å². The van der Waals surface area contributed by atoms with Crippen molar-refractivity contribution in [3.8, 4) is 0 Å². The summed E-state index contributed by atoms with van der Waals surface area (Å²) < 4.78 is 1.78. The van der Waals surface area contributed by atoms with Crippen LogP contribution in [0.15, 0.2) is 30.5 Å². The van der Waals surface area contributed by atoms with Crippen molar-refractivity contribution in [2.24, 2.45) is 0 Å². The maximum atomic E-state index is 11.0. The Labute approximate surface area is 111 Å². The predicted molar refractivity (Wildman–Crippen MR) is 72.3 cm³/mol. The van der Waals surface area contributed by atoms with Gasteiger partial charge >= 0.3 is 0 Å². The molecule has 1 aromatic carbocycles. The molecule has 2 aromatic rings. The highest BCUT2D eigenvalue weighted by atomic mass is 35.5. The van der Waals surface area contributed by atoms with Gasteiger partial charge < -0.3 is 0 Å². The van der Waals surface area contributed by atoms with Crippen LogP contribution in [0.1, 0.15) is 41.4 Å². The summed E-state index contributed by atoms with van der Waals surface area (Å²) in [5.41, 5.74) is 2.57.